The van der Waals surface area contributed by atoms with Gasteiger partial charge in [-0.05, 0) is 17.7 Å². The Morgan fingerprint density at radius 3 is 3.00 bits per heavy atom. The molecule has 3 N–H and O–H groups in total. The van der Waals surface area contributed by atoms with Crippen LogP contribution in [0, 0.1) is 0 Å². The van der Waals surface area contributed by atoms with Gasteiger partial charge in [0.05, 0.1) is 5.02 Å². The van der Waals surface area contributed by atoms with Gasteiger partial charge in [0.15, 0.2) is 5.82 Å². The number of carbonyl (C=O) groups excluding carboxylic acids is 1. The average molecular weight is 348 g/mol. The number of H-pyrrole nitrogens is 1. The van der Waals surface area contributed by atoms with Crippen LogP contribution in [0.3, 0.4) is 0 Å². The zero-order chi connectivity index (χ0) is 17.3. The third-order valence-corrected chi connectivity index (χ3v) is 4.02. The highest BCUT2D eigenvalue weighted by atomic mass is 35.5. The van der Waals surface area contributed by atoms with E-state index >= 15 is 0 Å². The summed E-state index contributed by atoms with van der Waals surface area (Å²) in [6, 6.07) is 5.12. The molecule has 3 rings (SSSR count). The highest BCUT2D eigenvalue weighted by molar-refractivity contribution is 6.32. The number of fused-ring (bicyclic) bond motifs is 1. The molecular weight excluding hydrogens is 334 g/mol. The molecule has 8 heteroatoms. The van der Waals surface area contributed by atoms with Crippen LogP contribution in [0.5, 0.6) is 5.75 Å². The quantitative estimate of drug-likeness (QED) is 0.721. The first kappa shape index (κ1) is 16.1. The zero-order valence-electron chi connectivity index (χ0n) is 12.5. The molecule has 7 nitrogen and oxygen atoms in total. The summed E-state index contributed by atoms with van der Waals surface area (Å²) >= 11 is 6.22. The van der Waals surface area contributed by atoms with Crippen LogP contribution in [0.25, 0.3) is 0 Å². The van der Waals surface area contributed by atoms with Crippen molar-refractivity contribution in [1.82, 2.24) is 10.2 Å². The second-order valence-electron chi connectivity index (χ2n) is 5.26. The van der Waals surface area contributed by atoms with Crippen LogP contribution in [0.1, 0.15) is 34.0 Å². The Morgan fingerprint density at radius 2 is 2.33 bits per heavy atom. The van der Waals surface area contributed by atoms with E-state index in [1.54, 1.807) is 24.3 Å². The molecule has 0 fully saturated rings. The smallest absolute Gasteiger partial charge is 0.354 e. The van der Waals surface area contributed by atoms with E-state index in [-0.39, 0.29) is 23.8 Å². The maximum absolute atomic E-state index is 11.9. The second-order valence-corrected chi connectivity index (χ2v) is 5.67. The van der Waals surface area contributed by atoms with Gasteiger partial charge in [-0.3, -0.25) is 9.89 Å². The molecule has 0 saturated carbocycles. The van der Waals surface area contributed by atoms with Gasteiger partial charge < -0.3 is 15.2 Å². The van der Waals surface area contributed by atoms with Crippen molar-refractivity contribution >= 4 is 29.3 Å². The van der Waals surface area contributed by atoms with Crippen molar-refractivity contribution in [1.29, 1.82) is 0 Å². The van der Waals surface area contributed by atoms with E-state index in [9.17, 15) is 14.7 Å². The van der Waals surface area contributed by atoms with Crippen molar-refractivity contribution in [2.45, 2.75) is 12.3 Å². The molecular formula is C16H14ClN3O4. The molecule has 1 amide bonds. The van der Waals surface area contributed by atoms with Crippen LogP contribution >= 0.6 is 11.6 Å². The van der Waals surface area contributed by atoms with Gasteiger partial charge >= 0.3 is 5.97 Å². The largest absolute Gasteiger partial charge is 0.488 e. The van der Waals surface area contributed by atoms with Gasteiger partial charge in [0, 0.05) is 17.9 Å². The van der Waals surface area contributed by atoms with Gasteiger partial charge in [-0.25, -0.2) is 4.79 Å². The van der Waals surface area contributed by atoms with Gasteiger partial charge in [-0.1, -0.05) is 30.3 Å². The normalized spacial score (nSPS) is 16.2. The topological polar surface area (TPSA) is 104 Å². The number of aromatic carboxylic acids is 1. The van der Waals surface area contributed by atoms with Crippen LogP contribution < -0.4 is 10.1 Å². The van der Waals surface area contributed by atoms with Gasteiger partial charge in [0.25, 0.3) is 0 Å². The van der Waals surface area contributed by atoms with Gasteiger partial charge in [-0.15, -0.1) is 0 Å². The number of aromatic amines is 1. The third kappa shape index (κ3) is 2.85. The number of halogens is 1. The van der Waals surface area contributed by atoms with Crippen molar-refractivity contribution in [3.8, 4) is 5.75 Å². The predicted octanol–water partition coefficient (Wildman–Crippen LogP) is 2.80. The number of aromatic nitrogens is 2. The predicted molar refractivity (Wildman–Crippen MR) is 87.8 cm³/mol. The summed E-state index contributed by atoms with van der Waals surface area (Å²) in [5.41, 5.74) is 1.11. The summed E-state index contributed by atoms with van der Waals surface area (Å²) in [5, 5.41) is 18.6. The molecule has 2 heterocycles. The first-order chi connectivity index (χ1) is 11.5. The SMILES string of the molecule is C=CCOc1ccc([C@H]2CC(=O)Nc3n[nH]c(C(=O)O)c32)cc1Cl. The minimum absolute atomic E-state index is 0.0434. The molecule has 1 atom stereocenters. The van der Waals surface area contributed by atoms with E-state index < -0.39 is 11.9 Å². The minimum atomic E-state index is -1.14. The Bertz CT molecular complexity index is 831. The number of ether oxygens (including phenoxy) is 1. The van der Waals surface area contributed by atoms with Crippen LogP contribution in [-0.4, -0.2) is 33.8 Å². The zero-order valence-corrected chi connectivity index (χ0v) is 13.3. The lowest BCUT2D eigenvalue weighted by atomic mass is 9.85. The number of carbonyl (C=O) groups is 2. The molecule has 0 aliphatic carbocycles. The summed E-state index contributed by atoms with van der Waals surface area (Å²) in [6.45, 7) is 3.89. The van der Waals surface area contributed by atoms with Crippen LogP contribution in [0.4, 0.5) is 5.82 Å². The number of nitrogens with one attached hydrogen (secondary N) is 2. The van der Waals surface area contributed by atoms with Gasteiger partial charge in [0.2, 0.25) is 5.91 Å². The molecule has 1 aromatic carbocycles. The fourth-order valence-corrected chi connectivity index (χ4v) is 2.95. The molecule has 0 unspecified atom stereocenters. The maximum atomic E-state index is 11.9. The van der Waals surface area contributed by atoms with Crippen LogP contribution in [0.2, 0.25) is 5.02 Å². The summed E-state index contributed by atoms with van der Waals surface area (Å²) < 4.78 is 5.42. The van der Waals surface area contributed by atoms with Gasteiger partial charge in [0.1, 0.15) is 18.1 Å². The Labute approximate surface area is 142 Å². The highest BCUT2D eigenvalue weighted by Crippen LogP contribution is 2.40. The van der Waals surface area contributed by atoms with Gasteiger partial charge in [-0.2, -0.15) is 5.10 Å². The lowest BCUT2D eigenvalue weighted by Crippen LogP contribution is -2.24. The number of anilines is 1. The van der Waals surface area contributed by atoms with E-state index in [2.05, 4.69) is 22.1 Å². The van der Waals surface area contributed by atoms with E-state index in [1.165, 1.54) is 0 Å². The maximum Gasteiger partial charge on any atom is 0.354 e. The Morgan fingerprint density at radius 1 is 1.54 bits per heavy atom. The number of hydrogen-bond donors (Lipinski definition) is 3. The van der Waals surface area contributed by atoms with Crippen LogP contribution in [0.15, 0.2) is 30.9 Å². The number of carboxylic acid groups (broad SMARTS) is 1. The summed E-state index contributed by atoms with van der Waals surface area (Å²) in [4.78, 5) is 23.3. The number of carboxylic acids is 1. The molecule has 0 spiro atoms. The minimum Gasteiger partial charge on any atom is -0.488 e. The van der Waals surface area contributed by atoms with Crippen molar-refractivity contribution in [2.24, 2.45) is 0 Å². The molecule has 1 aliphatic rings. The van der Waals surface area contributed by atoms with E-state index in [0.29, 0.717) is 28.5 Å². The van der Waals surface area contributed by atoms with Crippen molar-refractivity contribution in [3.63, 3.8) is 0 Å². The fourth-order valence-electron chi connectivity index (χ4n) is 2.70. The Hall–Kier alpha value is -2.80. The van der Waals surface area contributed by atoms with E-state index in [4.69, 9.17) is 16.3 Å². The summed E-state index contributed by atoms with van der Waals surface area (Å²) in [7, 11) is 0. The molecule has 2 aromatic rings. The first-order valence-corrected chi connectivity index (χ1v) is 7.53. The number of rotatable bonds is 5. The standard InChI is InChI=1S/C16H14ClN3O4/c1-2-5-24-11-4-3-8(6-10(11)17)9-7-12(21)18-15-13(9)14(16(22)23)19-20-15/h2-4,6,9H,1,5,7H2,(H,22,23)(H2,18,19,20,21)/t9-/m1/s1. The van der Waals surface area contributed by atoms with Crippen molar-refractivity contribution in [2.75, 3.05) is 11.9 Å². The highest BCUT2D eigenvalue weighted by Gasteiger charge is 2.33. The number of amides is 1. The molecule has 24 heavy (non-hydrogen) atoms. The molecule has 0 bridgehead atoms. The Kier molecular flexibility index (Phi) is 4.26. The number of benzene rings is 1. The number of hydrogen-bond acceptors (Lipinski definition) is 4. The van der Waals surface area contributed by atoms with E-state index in [1.807, 2.05) is 0 Å². The fraction of sp³-hybridized carbons (Fsp3) is 0.188. The van der Waals surface area contributed by atoms with Crippen molar-refractivity contribution in [3.05, 3.63) is 52.7 Å². The Balaban J connectivity index is 2.02. The lowest BCUT2D eigenvalue weighted by molar-refractivity contribution is -0.116. The summed E-state index contributed by atoms with van der Waals surface area (Å²) in [5.74, 6) is -1.10. The molecule has 1 aromatic heterocycles. The first-order valence-electron chi connectivity index (χ1n) is 7.15. The molecule has 0 saturated heterocycles. The third-order valence-electron chi connectivity index (χ3n) is 3.73. The van der Waals surface area contributed by atoms with Crippen molar-refractivity contribution < 1.29 is 19.4 Å². The average Bonchev–Trinajstić information content (AvgIpc) is 2.96. The van der Waals surface area contributed by atoms with Crippen LogP contribution in [-0.2, 0) is 4.79 Å². The monoisotopic (exact) mass is 347 g/mol. The molecule has 0 radical (unpaired) electrons. The second kappa shape index (κ2) is 6.37. The van der Waals surface area contributed by atoms with E-state index in [0.717, 1.165) is 0 Å². The summed E-state index contributed by atoms with van der Waals surface area (Å²) in [6.07, 6.45) is 1.71. The molecule has 124 valence electrons. The lowest BCUT2D eigenvalue weighted by Gasteiger charge is -2.23. The molecule has 1 aliphatic heterocycles. The number of nitrogens with zero attached hydrogens (tertiary/aromatic N) is 1.